The van der Waals surface area contributed by atoms with E-state index in [-0.39, 0.29) is 16.7 Å². The van der Waals surface area contributed by atoms with Crippen LogP contribution in [-0.2, 0) is 4.79 Å². The van der Waals surface area contributed by atoms with E-state index in [1.807, 2.05) is 0 Å². The first-order valence-electron chi connectivity index (χ1n) is 6.52. The first-order chi connectivity index (χ1) is 10.1. The number of fused-ring (bicyclic) bond motifs is 1. The van der Waals surface area contributed by atoms with Crippen molar-refractivity contribution in [3.05, 3.63) is 50.1 Å². The fraction of sp³-hybridized carbons (Fsp3) is 0.214. The van der Waals surface area contributed by atoms with E-state index in [0.717, 1.165) is 5.57 Å². The van der Waals surface area contributed by atoms with Gasteiger partial charge in [-0.05, 0) is 24.6 Å². The first kappa shape index (κ1) is 13.3. The number of aromatic amines is 2. The predicted molar refractivity (Wildman–Crippen MR) is 79.4 cm³/mol. The summed E-state index contributed by atoms with van der Waals surface area (Å²) in [6.45, 7) is 3.15. The second kappa shape index (κ2) is 5.02. The summed E-state index contributed by atoms with van der Waals surface area (Å²) in [7, 11) is 0. The van der Waals surface area contributed by atoms with Crippen LogP contribution in [0.15, 0.2) is 38.9 Å². The molecule has 0 radical (unpaired) electrons. The highest BCUT2D eigenvalue weighted by Gasteiger charge is 2.17. The number of aromatic nitrogens is 2. The van der Waals surface area contributed by atoms with E-state index in [2.05, 4.69) is 20.8 Å². The van der Waals surface area contributed by atoms with Gasteiger partial charge in [-0.1, -0.05) is 6.07 Å². The summed E-state index contributed by atoms with van der Waals surface area (Å²) in [5, 5.41) is 10.7. The number of nitrogens with one attached hydrogen (secondary N) is 4. The Balaban J connectivity index is 2.06. The van der Waals surface area contributed by atoms with Crippen molar-refractivity contribution in [2.24, 2.45) is 0 Å². The molecular formula is C14H14N4O3. The van der Waals surface area contributed by atoms with Gasteiger partial charge in [0.2, 0.25) is 0 Å². The van der Waals surface area contributed by atoms with Crippen LogP contribution < -0.4 is 21.8 Å². The van der Waals surface area contributed by atoms with Crippen molar-refractivity contribution in [3.63, 3.8) is 0 Å². The minimum absolute atomic E-state index is 0.180. The van der Waals surface area contributed by atoms with E-state index in [4.69, 9.17) is 0 Å². The van der Waals surface area contributed by atoms with Crippen molar-refractivity contribution in [2.75, 3.05) is 18.4 Å². The van der Waals surface area contributed by atoms with E-state index < -0.39 is 11.1 Å². The quantitative estimate of drug-likeness (QED) is 0.586. The van der Waals surface area contributed by atoms with Crippen LogP contribution in [0.25, 0.3) is 10.8 Å². The van der Waals surface area contributed by atoms with Crippen LogP contribution in [0, 0.1) is 0 Å². The summed E-state index contributed by atoms with van der Waals surface area (Å²) in [5.74, 6) is -0.265. The highest BCUT2D eigenvalue weighted by molar-refractivity contribution is 6.08. The first-order valence-corrected chi connectivity index (χ1v) is 6.52. The highest BCUT2D eigenvalue weighted by atomic mass is 16.2. The zero-order valence-corrected chi connectivity index (χ0v) is 11.4. The van der Waals surface area contributed by atoms with Gasteiger partial charge in [0.05, 0.1) is 16.5 Å². The van der Waals surface area contributed by atoms with E-state index in [1.165, 1.54) is 0 Å². The SMILES string of the molecule is CC(C(=O)Nc1cccc2c(=O)[nH][nH]c(=O)c12)=C1CNC1. The molecule has 4 N–H and O–H groups in total. The molecule has 21 heavy (non-hydrogen) atoms. The maximum Gasteiger partial charge on any atom is 0.272 e. The zero-order valence-electron chi connectivity index (χ0n) is 11.4. The fourth-order valence-electron chi connectivity index (χ4n) is 2.23. The third-order valence-corrected chi connectivity index (χ3v) is 3.62. The molecule has 0 unspecified atom stereocenters. The van der Waals surface area contributed by atoms with Crippen LogP contribution in [0.3, 0.4) is 0 Å². The molecule has 2 heterocycles. The molecule has 1 aliphatic rings. The highest BCUT2D eigenvalue weighted by Crippen LogP contribution is 2.18. The van der Waals surface area contributed by atoms with Crippen LogP contribution in [-0.4, -0.2) is 29.2 Å². The number of amides is 1. The molecule has 1 aromatic carbocycles. The average Bonchev–Trinajstić information content (AvgIpc) is 2.41. The molecule has 0 bridgehead atoms. The Kier molecular flexibility index (Phi) is 3.19. The van der Waals surface area contributed by atoms with Crippen molar-refractivity contribution in [1.82, 2.24) is 15.5 Å². The van der Waals surface area contributed by atoms with E-state index in [9.17, 15) is 14.4 Å². The Labute approximate surface area is 119 Å². The number of H-pyrrole nitrogens is 2. The summed E-state index contributed by atoms with van der Waals surface area (Å²) >= 11 is 0. The van der Waals surface area contributed by atoms with E-state index in [1.54, 1.807) is 25.1 Å². The molecule has 0 saturated carbocycles. The van der Waals surface area contributed by atoms with Gasteiger partial charge in [0.15, 0.2) is 0 Å². The maximum absolute atomic E-state index is 12.2. The third kappa shape index (κ3) is 2.27. The number of carbonyl (C=O) groups excluding carboxylic acids is 1. The number of hydrogen-bond donors (Lipinski definition) is 4. The van der Waals surface area contributed by atoms with Crippen LogP contribution in [0.1, 0.15) is 6.92 Å². The topological polar surface area (TPSA) is 107 Å². The average molecular weight is 286 g/mol. The number of carbonyl (C=O) groups is 1. The standard InChI is InChI=1S/C14H14N4O3/c1-7(8-5-15-6-8)12(19)16-10-4-2-3-9-11(10)14(21)18-17-13(9)20/h2-4,15H,5-6H2,1H3,(H,16,19)(H,17,20)(H,18,21). The van der Waals surface area contributed by atoms with Gasteiger partial charge in [-0.2, -0.15) is 0 Å². The lowest BCUT2D eigenvalue weighted by molar-refractivity contribution is -0.112. The molecule has 1 aliphatic heterocycles. The smallest absolute Gasteiger partial charge is 0.272 e. The minimum atomic E-state index is -0.448. The Bertz CT molecular complexity index is 870. The molecule has 1 amide bonds. The Morgan fingerprint density at radius 3 is 2.52 bits per heavy atom. The van der Waals surface area contributed by atoms with Crippen LogP contribution >= 0.6 is 0 Å². The summed E-state index contributed by atoms with van der Waals surface area (Å²) in [6, 6.07) is 4.77. The lowest BCUT2D eigenvalue weighted by Crippen LogP contribution is -2.36. The summed E-state index contributed by atoms with van der Waals surface area (Å²) in [6.07, 6.45) is 0. The van der Waals surface area contributed by atoms with Crippen molar-refractivity contribution in [2.45, 2.75) is 6.92 Å². The minimum Gasteiger partial charge on any atom is -0.321 e. The zero-order chi connectivity index (χ0) is 15.0. The summed E-state index contributed by atoms with van der Waals surface area (Å²) in [5.41, 5.74) is 1.15. The molecule has 0 aliphatic carbocycles. The van der Waals surface area contributed by atoms with Gasteiger partial charge in [-0.3, -0.25) is 24.6 Å². The monoisotopic (exact) mass is 286 g/mol. The second-order valence-electron chi connectivity index (χ2n) is 4.92. The molecule has 7 nitrogen and oxygen atoms in total. The summed E-state index contributed by atoms with van der Waals surface area (Å²) < 4.78 is 0. The van der Waals surface area contributed by atoms with Gasteiger partial charge in [-0.25, -0.2) is 0 Å². The number of anilines is 1. The van der Waals surface area contributed by atoms with Gasteiger partial charge in [0, 0.05) is 18.7 Å². The van der Waals surface area contributed by atoms with Crippen LogP contribution in [0.2, 0.25) is 0 Å². The summed E-state index contributed by atoms with van der Waals surface area (Å²) in [4.78, 5) is 35.8. The molecule has 0 atom stereocenters. The molecule has 108 valence electrons. The molecule has 7 heteroatoms. The second-order valence-corrected chi connectivity index (χ2v) is 4.92. The third-order valence-electron chi connectivity index (χ3n) is 3.62. The maximum atomic E-state index is 12.2. The van der Waals surface area contributed by atoms with Crippen molar-refractivity contribution >= 4 is 22.4 Å². The lowest BCUT2D eigenvalue weighted by Gasteiger charge is -2.21. The lowest BCUT2D eigenvalue weighted by atomic mass is 10.0. The van der Waals surface area contributed by atoms with Gasteiger partial charge in [-0.15, -0.1) is 0 Å². The molecule has 0 spiro atoms. The van der Waals surface area contributed by atoms with Crippen molar-refractivity contribution < 1.29 is 4.79 Å². The molecule has 3 rings (SSSR count). The Morgan fingerprint density at radius 1 is 1.14 bits per heavy atom. The molecule has 2 aromatic rings. The van der Waals surface area contributed by atoms with Gasteiger partial charge in [0.1, 0.15) is 0 Å². The van der Waals surface area contributed by atoms with Crippen LogP contribution in [0.4, 0.5) is 5.69 Å². The fourth-order valence-corrected chi connectivity index (χ4v) is 2.23. The normalized spacial score (nSPS) is 13.9. The molecule has 1 fully saturated rings. The number of hydrogen-bond acceptors (Lipinski definition) is 4. The Morgan fingerprint density at radius 2 is 1.86 bits per heavy atom. The Hall–Kier alpha value is -2.67. The number of benzene rings is 1. The van der Waals surface area contributed by atoms with Crippen molar-refractivity contribution in [3.8, 4) is 0 Å². The van der Waals surface area contributed by atoms with Gasteiger partial charge >= 0.3 is 0 Å². The predicted octanol–water partition coefficient (Wildman–Crippen LogP) is 0.0746. The molecule has 1 saturated heterocycles. The largest absolute Gasteiger partial charge is 0.321 e. The van der Waals surface area contributed by atoms with E-state index in [0.29, 0.717) is 24.4 Å². The van der Waals surface area contributed by atoms with Crippen molar-refractivity contribution in [1.29, 1.82) is 0 Å². The van der Waals surface area contributed by atoms with Crippen LogP contribution in [0.5, 0.6) is 0 Å². The van der Waals surface area contributed by atoms with Gasteiger partial charge < -0.3 is 10.6 Å². The van der Waals surface area contributed by atoms with E-state index >= 15 is 0 Å². The molecular weight excluding hydrogens is 272 g/mol. The number of rotatable bonds is 2. The molecule has 1 aromatic heterocycles. The van der Waals surface area contributed by atoms with Gasteiger partial charge in [0.25, 0.3) is 17.0 Å².